The topological polar surface area (TPSA) is 80.1 Å². The molecule has 194 valence electrons. The van der Waals surface area contributed by atoms with Gasteiger partial charge in [0.1, 0.15) is 11.5 Å². The molecule has 4 heterocycles. The lowest BCUT2D eigenvalue weighted by molar-refractivity contribution is -0.0128. The zero-order valence-electron chi connectivity index (χ0n) is 22.4. The fraction of sp³-hybridized carbons (Fsp3) is 0.593. The third kappa shape index (κ3) is 3.10. The lowest BCUT2D eigenvalue weighted by Gasteiger charge is -2.56. The number of rotatable bonds is 4. The number of urea groups is 1. The molecule has 0 radical (unpaired) electrons. The van der Waals surface area contributed by atoms with Crippen molar-refractivity contribution < 1.29 is 19.1 Å². The Morgan fingerprint density at radius 2 is 1.89 bits per heavy atom. The Kier molecular flexibility index (Phi) is 5.72. The van der Waals surface area contributed by atoms with Crippen molar-refractivity contribution in [2.24, 2.45) is 7.05 Å². The first kappa shape index (κ1) is 24.5. The third-order valence-electron chi connectivity index (χ3n) is 9.18. The average molecular weight is 496 g/mol. The van der Waals surface area contributed by atoms with E-state index >= 15 is 0 Å². The Labute approximate surface area is 212 Å². The summed E-state index contributed by atoms with van der Waals surface area (Å²) in [5, 5.41) is 4.35. The molecule has 1 aromatic heterocycles. The van der Waals surface area contributed by atoms with Crippen LogP contribution in [0.25, 0.3) is 0 Å². The molecular formula is C27H37N5O4. The number of benzene rings is 1. The number of hydrogen-bond donors (Lipinski definition) is 0. The van der Waals surface area contributed by atoms with Crippen LogP contribution in [-0.4, -0.2) is 81.4 Å². The summed E-state index contributed by atoms with van der Waals surface area (Å²) in [4.78, 5) is 33.3. The summed E-state index contributed by atoms with van der Waals surface area (Å²) in [5.41, 5.74) is 2.77. The van der Waals surface area contributed by atoms with Crippen LogP contribution in [0.1, 0.15) is 66.7 Å². The number of carbonyl (C=O) groups excluding carboxylic acids is 2. The van der Waals surface area contributed by atoms with E-state index < -0.39 is 5.54 Å². The molecule has 3 amide bonds. The van der Waals surface area contributed by atoms with E-state index in [-0.39, 0.29) is 23.4 Å². The molecule has 0 saturated carbocycles. The minimum Gasteiger partial charge on any atom is -0.497 e. The van der Waals surface area contributed by atoms with Gasteiger partial charge >= 0.3 is 6.03 Å². The second-order valence-electron chi connectivity index (χ2n) is 10.5. The van der Waals surface area contributed by atoms with Gasteiger partial charge in [0.25, 0.3) is 5.91 Å². The molecule has 1 unspecified atom stereocenters. The zero-order chi connectivity index (χ0) is 26.0. The Hall–Kier alpha value is -3.23. The molecule has 0 aliphatic carbocycles. The minimum absolute atomic E-state index is 0.0145. The van der Waals surface area contributed by atoms with Crippen LogP contribution < -0.4 is 9.47 Å². The fourth-order valence-corrected chi connectivity index (χ4v) is 7.21. The van der Waals surface area contributed by atoms with Crippen molar-refractivity contribution in [1.29, 1.82) is 0 Å². The quantitative estimate of drug-likeness (QED) is 0.648. The van der Waals surface area contributed by atoms with Crippen LogP contribution in [0.3, 0.4) is 0 Å². The van der Waals surface area contributed by atoms with Gasteiger partial charge in [-0.05, 0) is 45.2 Å². The van der Waals surface area contributed by atoms with Gasteiger partial charge in [0.15, 0.2) is 0 Å². The van der Waals surface area contributed by atoms with Crippen molar-refractivity contribution in [2.75, 3.05) is 33.9 Å². The van der Waals surface area contributed by atoms with Crippen molar-refractivity contribution in [2.45, 2.75) is 64.1 Å². The van der Waals surface area contributed by atoms with E-state index in [1.54, 1.807) is 25.1 Å². The molecule has 3 aliphatic rings. The van der Waals surface area contributed by atoms with Crippen molar-refractivity contribution in [3.63, 3.8) is 0 Å². The number of carbonyl (C=O) groups is 2. The van der Waals surface area contributed by atoms with Crippen LogP contribution in [0.15, 0.2) is 18.3 Å². The second kappa shape index (κ2) is 8.42. The van der Waals surface area contributed by atoms with E-state index in [0.29, 0.717) is 31.7 Å². The van der Waals surface area contributed by atoms with Crippen LogP contribution >= 0.6 is 0 Å². The molecule has 2 fully saturated rings. The highest BCUT2D eigenvalue weighted by molar-refractivity contribution is 5.95. The summed E-state index contributed by atoms with van der Waals surface area (Å²) in [6.45, 7) is 10.7. The number of piperidine rings is 1. The molecule has 1 spiro atoms. The molecule has 9 nitrogen and oxygen atoms in total. The number of aromatic nitrogens is 2. The molecule has 36 heavy (non-hydrogen) atoms. The Bertz CT molecular complexity index is 1210. The van der Waals surface area contributed by atoms with Crippen LogP contribution in [0, 0.1) is 6.92 Å². The second-order valence-corrected chi connectivity index (χ2v) is 10.5. The summed E-state index contributed by atoms with van der Waals surface area (Å²) >= 11 is 0. The predicted molar refractivity (Wildman–Crippen MR) is 135 cm³/mol. The van der Waals surface area contributed by atoms with Crippen LogP contribution in [-0.2, 0) is 13.6 Å². The normalized spacial score (nSPS) is 24.7. The first-order valence-corrected chi connectivity index (χ1v) is 12.8. The molecule has 1 aromatic carbocycles. The molecule has 5 rings (SSSR count). The van der Waals surface area contributed by atoms with Gasteiger partial charge in [-0.15, -0.1) is 0 Å². The summed E-state index contributed by atoms with van der Waals surface area (Å²) in [6, 6.07) is 4.04. The van der Waals surface area contributed by atoms with Gasteiger partial charge in [0.05, 0.1) is 36.6 Å². The minimum atomic E-state index is -0.450. The maximum absolute atomic E-state index is 13.9. The Balaban J connectivity index is 1.53. The number of nitrogens with zero attached hydrogens (tertiary/aromatic N) is 5. The monoisotopic (exact) mass is 495 g/mol. The van der Waals surface area contributed by atoms with E-state index in [0.717, 1.165) is 41.2 Å². The fourth-order valence-electron chi connectivity index (χ4n) is 7.21. The van der Waals surface area contributed by atoms with E-state index in [9.17, 15) is 9.59 Å². The van der Waals surface area contributed by atoms with Gasteiger partial charge in [0, 0.05) is 57.0 Å². The Morgan fingerprint density at radius 3 is 2.44 bits per heavy atom. The van der Waals surface area contributed by atoms with Gasteiger partial charge in [-0.3, -0.25) is 9.48 Å². The van der Waals surface area contributed by atoms with Gasteiger partial charge < -0.3 is 24.2 Å². The van der Waals surface area contributed by atoms with Crippen LogP contribution in [0.4, 0.5) is 4.79 Å². The largest absolute Gasteiger partial charge is 0.497 e. The number of likely N-dealkylation sites (tertiary alicyclic amines) is 1. The number of hydrogen-bond acceptors (Lipinski definition) is 5. The molecule has 0 bridgehead atoms. The van der Waals surface area contributed by atoms with Gasteiger partial charge in [0.2, 0.25) is 0 Å². The molecule has 2 atom stereocenters. The maximum Gasteiger partial charge on any atom is 0.321 e. The van der Waals surface area contributed by atoms with Crippen LogP contribution in [0.5, 0.6) is 11.5 Å². The predicted octanol–water partition coefficient (Wildman–Crippen LogP) is 3.55. The van der Waals surface area contributed by atoms with E-state index in [2.05, 4.69) is 35.7 Å². The van der Waals surface area contributed by atoms with E-state index in [1.807, 2.05) is 31.0 Å². The van der Waals surface area contributed by atoms with E-state index in [1.165, 1.54) is 0 Å². The maximum atomic E-state index is 13.9. The van der Waals surface area contributed by atoms with Crippen LogP contribution in [0.2, 0.25) is 0 Å². The number of ether oxygens (including phenoxy) is 2. The lowest BCUT2D eigenvalue weighted by Crippen LogP contribution is -2.67. The Morgan fingerprint density at radius 1 is 1.19 bits per heavy atom. The zero-order valence-corrected chi connectivity index (χ0v) is 22.4. The lowest BCUT2D eigenvalue weighted by atomic mass is 9.61. The number of aryl methyl sites for hydroxylation is 2. The first-order chi connectivity index (χ1) is 17.1. The number of likely N-dealkylation sites (N-methyl/N-ethyl adjacent to an activating group) is 1. The smallest absolute Gasteiger partial charge is 0.321 e. The third-order valence-corrected chi connectivity index (χ3v) is 9.18. The SMILES string of the molecule is CCN1C(=O)N2Cc3cc(OC)cc(OC)c3[C@@H](C)C2(C)C12CCN(C(=O)c1cn(C)nc1C)CC2. The highest BCUT2D eigenvalue weighted by Crippen LogP contribution is 2.58. The molecule has 2 aromatic rings. The molecule has 9 heteroatoms. The van der Waals surface area contributed by atoms with Crippen molar-refractivity contribution in [3.05, 3.63) is 40.7 Å². The van der Waals surface area contributed by atoms with Crippen molar-refractivity contribution in [1.82, 2.24) is 24.5 Å². The first-order valence-electron chi connectivity index (χ1n) is 12.8. The number of methoxy groups -OCH3 is 2. The van der Waals surface area contributed by atoms with E-state index in [4.69, 9.17) is 9.47 Å². The number of fused-ring (bicyclic) bond motifs is 3. The average Bonchev–Trinajstić information content (AvgIpc) is 3.30. The highest BCUT2D eigenvalue weighted by atomic mass is 16.5. The summed E-state index contributed by atoms with van der Waals surface area (Å²) < 4.78 is 13.0. The molecule has 0 N–H and O–H groups in total. The summed E-state index contributed by atoms with van der Waals surface area (Å²) in [6.07, 6.45) is 3.24. The van der Waals surface area contributed by atoms with Crippen molar-refractivity contribution in [3.8, 4) is 11.5 Å². The molecule has 3 aliphatic heterocycles. The summed E-state index contributed by atoms with van der Waals surface area (Å²) in [7, 11) is 5.17. The standard InChI is InChI=1S/C27H37N5O4/c1-8-31-25(34)32-15-19-13-20(35-6)14-22(36-7)23(19)17(2)26(32,4)27(31)9-11-30(12-10-27)24(33)21-16-29(5)28-18(21)3/h13-14,16-17H,8-12,15H2,1-7H3/t17-,26?/m1/s1. The molecular weight excluding hydrogens is 458 g/mol. The van der Waals surface area contributed by atoms with Crippen molar-refractivity contribution >= 4 is 11.9 Å². The summed E-state index contributed by atoms with van der Waals surface area (Å²) in [5.74, 6) is 1.58. The number of amides is 3. The van der Waals surface area contributed by atoms with Gasteiger partial charge in [-0.25, -0.2) is 4.79 Å². The highest BCUT2D eigenvalue weighted by Gasteiger charge is 2.68. The van der Waals surface area contributed by atoms with Gasteiger partial charge in [-0.1, -0.05) is 6.92 Å². The molecule has 2 saturated heterocycles. The van der Waals surface area contributed by atoms with Gasteiger partial charge in [-0.2, -0.15) is 5.10 Å².